The van der Waals surface area contributed by atoms with Crippen LogP contribution in [0.25, 0.3) is 0 Å². The van der Waals surface area contributed by atoms with Gasteiger partial charge in [-0.1, -0.05) is 33.3 Å². The lowest BCUT2D eigenvalue weighted by molar-refractivity contribution is -0.129. The van der Waals surface area contributed by atoms with Crippen LogP contribution in [0.4, 0.5) is 0 Å². The molecule has 3 atom stereocenters. The van der Waals surface area contributed by atoms with Gasteiger partial charge in [0.15, 0.2) is 11.5 Å². The standard InChI is InChI=1S/C22H38N2O4/c1-5-6-11-24-22(27)19(25)9-8-18(23)14-17(15(2)3)12-16-7-10-21(28-4)20(26)13-16/h7,10,13,15,17-19,25-26H,5-6,8-9,11-12,14,23H2,1-4H3,(H,24,27)/t17-,18-,19-/m0/s1. The molecule has 28 heavy (non-hydrogen) atoms. The van der Waals surface area contributed by atoms with E-state index < -0.39 is 6.10 Å². The zero-order chi connectivity index (χ0) is 21.1. The third kappa shape index (κ3) is 8.48. The lowest BCUT2D eigenvalue weighted by Gasteiger charge is -2.25. The van der Waals surface area contributed by atoms with E-state index in [0.29, 0.717) is 37.0 Å². The van der Waals surface area contributed by atoms with Gasteiger partial charge in [0.2, 0.25) is 5.91 Å². The third-order valence-electron chi connectivity index (χ3n) is 5.23. The molecule has 0 spiro atoms. The van der Waals surface area contributed by atoms with Crippen molar-refractivity contribution in [2.24, 2.45) is 17.6 Å². The van der Waals surface area contributed by atoms with Gasteiger partial charge in [0.1, 0.15) is 6.10 Å². The summed E-state index contributed by atoms with van der Waals surface area (Å²) in [6, 6.07) is 5.39. The molecule has 0 bridgehead atoms. The number of benzene rings is 1. The molecular weight excluding hydrogens is 356 g/mol. The van der Waals surface area contributed by atoms with Crippen LogP contribution in [0.2, 0.25) is 0 Å². The molecule has 160 valence electrons. The number of aliphatic hydroxyl groups excluding tert-OH is 1. The number of hydrogen-bond acceptors (Lipinski definition) is 5. The molecule has 0 aliphatic carbocycles. The Morgan fingerprint density at radius 1 is 1.29 bits per heavy atom. The maximum atomic E-state index is 11.9. The normalized spacial score (nSPS) is 14.5. The summed E-state index contributed by atoms with van der Waals surface area (Å²) < 4.78 is 5.10. The second-order valence-corrected chi connectivity index (χ2v) is 7.95. The van der Waals surface area contributed by atoms with Crippen molar-refractivity contribution in [2.75, 3.05) is 13.7 Å². The minimum absolute atomic E-state index is 0.0858. The van der Waals surface area contributed by atoms with E-state index in [9.17, 15) is 15.0 Å². The van der Waals surface area contributed by atoms with Crippen LogP contribution < -0.4 is 15.8 Å². The predicted octanol–water partition coefficient (Wildman–Crippen LogP) is 2.99. The molecule has 0 radical (unpaired) electrons. The van der Waals surface area contributed by atoms with Crippen molar-refractivity contribution in [3.8, 4) is 11.5 Å². The molecule has 0 saturated heterocycles. The molecule has 0 fully saturated rings. The van der Waals surface area contributed by atoms with Gasteiger partial charge in [-0.3, -0.25) is 4.79 Å². The molecule has 1 aromatic rings. The third-order valence-corrected chi connectivity index (χ3v) is 5.23. The van der Waals surface area contributed by atoms with Gasteiger partial charge in [-0.25, -0.2) is 0 Å². The summed E-state index contributed by atoms with van der Waals surface area (Å²) in [5.41, 5.74) is 7.34. The number of hydrogen-bond donors (Lipinski definition) is 4. The first-order valence-corrected chi connectivity index (χ1v) is 10.4. The molecule has 1 aromatic carbocycles. The number of carbonyl (C=O) groups is 1. The average Bonchev–Trinajstić information content (AvgIpc) is 2.65. The molecule has 0 aliphatic heterocycles. The van der Waals surface area contributed by atoms with Crippen LogP contribution in [0.15, 0.2) is 18.2 Å². The van der Waals surface area contributed by atoms with Crippen molar-refractivity contribution >= 4 is 5.91 Å². The van der Waals surface area contributed by atoms with Crippen molar-refractivity contribution < 1.29 is 19.7 Å². The van der Waals surface area contributed by atoms with E-state index in [-0.39, 0.29) is 17.7 Å². The molecule has 6 heteroatoms. The summed E-state index contributed by atoms with van der Waals surface area (Å²) in [6.45, 7) is 6.98. The SMILES string of the molecule is CCCCNC(=O)[C@@H](O)CC[C@H](N)C[C@H](Cc1ccc(OC)c(O)c1)C(C)C. The lowest BCUT2D eigenvalue weighted by Crippen LogP contribution is -2.36. The number of aromatic hydroxyl groups is 1. The number of unbranched alkanes of at least 4 members (excludes halogenated alkanes) is 1. The van der Waals surface area contributed by atoms with Gasteiger partial charge >= 0.3 is 0 Å². The Morgan fingerprint density at radius 3 is 2.57 bits per heavy atom. The summed E-state index contributed by atoms with van der Waals surface area (Å²) in [4.78, 5) is 11.9. The van der Waals surface area contributed by atoms with Crippen LogP contribution in [-0.4, -0.2) is 41.9 Å². The fourth-order valence-electron chi connectivity index (χ4n) is 3.27. The van der Waals surface area contributed by atoms with Crippen molar-refractivity contribution in [1.82, 2.24) is 5.32 Å². The number of phenols is 1. The van der Waals surface area contributed by atoms with Gasteiger partial charge in [-0.05, 0) is 61.6 Å². The number of ether oxygens (including phenoxy) is 1. The predicted molar refractivity (Wildman–Crippen MR) is 112 cm³/mol. The zero-order valence-corrected chi connectivity index (χ0v) is 17.8. The fourth-order valence-corrected chi connectivity index (χ4v) is 3.27. The van der Waals surface area contributed by atoms with Crippen LogP contribution in [0.5, 0.6) is 11.5 Å². The molecule has 5 N–H and O–H groups in total. The second-order valence-electron chi connectivity index (χ2n) is 7.95. The summed E-state index contributed by atoms with van der Waals surface area (Å²) in [5, 5.41) is 22.8. The van der Waals surface area contributed by atoms with E-state index >= 15 is 0 Å². The molecule has 1 rings (SSSR count). The minimum atomic E-state index is -1.00. The first-order chi connectivity index (χ1) is 13.3. The number of nitrogens with two attached hydrogens (primary N) is 1. The Morgan fingerprint density at radius 2 is 2.00 bits per heavy atom. The Labute approximate surface area is 169 Å². The van der Waals surface area contributed by atoms with E-state index in [1.165, 1.54) is 7.11 Å². The maximum absolute atomic E-state index is 11.9. The summed E-state index contributed by atoms with van der Waals surface area (Å²) >= 11 is 0. The molecule has 0 unspecified atom stereocenters. The van der Waals surface area contributed by atoms with E-state index in [1.807, 2.05) is 6.07 Å². The van der Waals surface area contributed by atoms with Crippen LogP contribution in [0.3, 0.4) is 0 Å². The van der Waals surface area contributed by atoms with Gasteiger partial charge in [-0.15, -0.1) is 0 Å². The van der Waals surface area contributed by atoms with Crippen molar-refractivity contribution in [2.45, 2.75) is 71.4 Å². The monoisotopic (exact) mass is 394 g/mol. The topological polar surface area (TPSA) is 105 Å². The van der Waals surface area contributed by atoms with Crippen LogP contribution in [-0.2, 0) is 11.2 Å². The van der Waals surface area contributed by atoms with Crippen LogP contribution in [0.1, 0.15) is 58.4 Å². The minimum Gasteiger partial charge on any atom is -0.504 e. The molecular formula is C22H38N2O4. The van der Waals surface area contributed by atoms with E-state index in [2.05, 4.69) is 26.1 Å². The highest BCUT2D eigenvalue weighted by Gasteiger charge is 2.21. The summed E-state index contributed by atoms with van der Waals surface area (Å²) in [6.07, 6.45) is 3.49. The molecule has 0 aromatic heterocycles. The Hall–Kier alpha value is -1.79. The highest BCUT2D eigenvalue weighted by Crippen LogP contribution is 2.30. The largest absolute Gasteiger partial charge is 0.504 e. The van der Waals surface area contributed by atoms with Crippen molar-refractivity contribution in [3.63, 3.8) is 0 Å². The number of nitrogens with one attached hydrogen (secondary N) is 1. The van der Waals surface area contributed by atoms with Crippen LogP contribution in [0, 0.1) is 11.8 Å². The molecule has 1 amide bonds. The number of phenolic OH excluding ortho intramolecular Hbond substituents is 1. The van der Waals surface area contributed by atoms with Gasteiger partial charge in [0.25, 0.3) is 0 Å². The number of methoxy groups -OCH3 is 1. The Bertz CT molecular complexity index is 592. The van der Waals surface area contributed by atoms with E-state index in [0.717, 1.165) is 31.2 Å². The van der Waals surface area contributed by atoms with E-state index in [4.69, 9.17) is 10.5 Å². The van der Waals surface area contributed by atoms with Crippen molar-refractivity contribution in [1.29, 1.82) is 0 Å². The van der Waals surface area contributed by atoms with Gasteiger partial charge in [0, 0.05) is 12.6 Å². The van der Waals surface area contributed by atoms with Gasteiger partial charge < -0.3 is 26.0 Å². The number of amides is 1. The maximum Gasteiger partial charge on any atom is 0.248 e. The average molecular weight is 395 g/mol. The number of carbonyl (C=O) groups excluding carboxylic acids is 1. The molecule has 0 aliphatic rings. The molecule has 6 nitrogen and oxygen atoms in total. The molecule has 0 heterocycles. The quantitative estimate of drug-likeness (QED) is 0.385. The zero-order valence-electron chi connectivity index (χ0n) is 17.8. The van der Waals surface area contributed by atoms with Crippen LogP contribution >= 0.6 is 0 Å². The first-order valence-electron chi connectivity index (χ1n) is 10.4. The number of aliphatic hydroxyl groups is 1. The fraction of sp³-hybridized carbons (Fsp3) is 0.682. The Kier molecular flexibility index (Phi) is 10.9. The summed E-state index contributed by atoms with van der Waals surface area (Å²) in [5.74, 6) is 1.07. The summed E-state index contributed by atoms with van der Waals surface area (Å²) in [7, 11) is 1.53. The van der Waals surface area contributed by atoms with Gasteiger partial charge in [-0.2, -0.15) is 0 Å². The van der Waals surface area contributed by atoms with E-state index in [1.54, 1.807) is 12.1 Å². The van der Waals surface area contributed by atoms with Gasteiger partial charge in [0.05, 0.1) is 7.11 Å². The highest BCUT2D eigenvalue weighted by molar-refractivity contribution is 5.80. The molecule has 0 saturated carbocycles. The lowest BCUT2D eigenvalue weighted by atomic mass is 9.83. The second kappa shape index (κ2) is 12.6. The first kappa shape index (κ1) is 24.2. The Balaban J connectivity index is 2.52. The smallest absolute Gasteiger partial charge is 0.248 e. The highest BCUT2D eigenvalue weighted by atomic mass is 16.5. The number of rotatable bonds is 13. The van der Waals surface area contributed by atoms with Crippen molar-refractivity contribution in [3.05, 3.63) is 23.8 Å².